The number of aryl methyl sites for hydroxylation is 1. The summed E-state index contributed by atoms with van der Waals surface area (Å²) < 4.78 is 4.80. The number of nitrogens with one attached hydrogen (secondary N) is 1. The van der Waals surface area contributed by atoms with Crippen LogP contribution in [0.4, 0.5) is 0 Å². The zero-order valence-electron chi connectivity index (χ0n) is 12.0. The molecule has 20 heavy (non-hydrogen) atoms. The first-order valence-electron chi connectivity index (χ1n) is 6.80. The van der Waals surface area contributed by atoms with Gasteiger partial charge >= 0.3 is 5.97 Å². The van der Waals surface area contributed by atoms with E-state index in [1.807, 2.05) is 31.2 Å². The van der Waals surface area contributed by atoms with Gasteiger partial charge in [-0.1, -0.05) is 29.8 Å². The first-order valence-corrected chi connectivity index (χ1v) is 6.80. The Morgan fingerprint density at radius 2 is 1.95 bits per heavy atom. The average Bonchev–Trinajstić information content (AvgIpc) is 2.43. The molecule has 5 heteroatoms. The molecule has 110 valence electrons. The van der Waals surface area contributed by atoms with Gasteiger partial charge in [-0.05, 0) is 25.8 Å². The highest BCUT2D eigenvalue weighted by Crippen LogP contribution is 2.11. The van der Waals surface area contributed by atoms with Crippen molar-refractivity contribution in [1.82, 2.24) is 5.32 Å². The minimum Gasteiger partial charge on any atom is -0.466 e. The van der Waals surface area contributed by atoms with Gasteiger partial charge in [0, 0.05) is 13.0 Å². The van der Waals surface area contributed by atoms with E-state index >= 15 is 0 Å². The van der Waals surface area contributed by atoms with E-state index in [1.165, 1.54) is 0 Å². The molecule has 0 radical (unpaired) electrons. The number of hydrogen-bond acceptors (Lipinski definition) is 4. The van der Waals surface area contributed by atoms with Crippen LogP contribution in [0.3, 0.4) is 0 Å². The standard InChI is InChI=1S/C15H22N2O3/c1-3-20-13(18)5-4-10-17-15(19)14(16)12-8-6-11(2)7-9-12/h6-9,14H,3-5,10,16H2,1-2H3,(H,17,19). The molecule has 0 heterocycles. The number of nitrogens with two attached hydrogens (primary N) is 1. The Hall–Kier alpha value is -1.88. The number of esters is 1. The van der Waals surface area contributed by atoms with Gasteiger partial charge in [-0.3, -0.25) is 9.59 Å². The Labute approximate surface area is 119 Å². The number of amides is 1. The number of carbonyl (C=O) groups is 2. The van der Waals surface area contributed by atoms with Crippen LogP contribution in [0.2, 0.25) is 0 Å². The van der Waals surface area contributed by atoms with E-state index in [4.69, 9.17) is 10.5 Å². The lowest BCUT2D eigenvalue weighted by Crippen LogP contribution is -2.34. The molecule has 0 spiro atoms. The van der Waals surface area contributed by atoms with E-state index < -0.39 is 6.04 Å². The first kappa shape index (κ1) is 16.2. The highest BCUT2D eigenvalue weighted by Gasteiger charge is 2.14. The lowest BCUT2D eigenvalue weighted by molar-refractivity contribution is -0.143. The quantitative estimate of drug-likeness (QED) is 0.584. The normalized spacial score (nSPS) is 11.8. The molecular formula is C15H22N2O3. The summed E-state index contributed by atoms with van der Waals surface area (Å²) in [5.74, 6) is -0.484. The Bertz CT molecular complexity index is 443. The summed E-state index contributed by atoms with van der Waals surface area (Å²) in [6, 6.07) is 6.85. The number of rotatable bonds is 7. The lowest BCUT2D eigenvalue weighted by atomic mass is 10.1. The summed E-state index contributed by atoms with van der Waals surface area (Å²) >= 11 is 0. The van der Waals surface area contributed by atoms with Crippen molar-refractivity contribution < 1.29 is 14.3 Å². The molecular weight excluding hydrogens is 256 g/mol. The number of carbonyl (C=O) groups excluding carboxylic acids is 2. The highest BCUT2D eigenvalue weighted by molar-refractivity contribution is 5.82. The summed E-state index contributed by atoms with van der Waals surface area (Å²) in [6.45, 7) is 4.53. The molecule has 1 atom stereocenters. The minimum atomic E-state index is -0.682. The fourth-order valence-electron chi connectivity index (χ4n) is 1.71. The van der Waals surface area contributed by atoms with Gasteiger partial charge in [0.2, 0.25) is 5.91 Å². The molecule has 1 aromatic rings. The van der Waals surface area contributed by atoms with Crippen molar-refractivity contribution >= 4 is 11.9 Å². The third-order valence-electron chi connectivity index (χ3n) is 2.88. The Kier molecular flexibility index (Phi) is 6.73. The van der Waals surface area contributed by atoms with Crippen LogP contribution in [0.5, 0.6) is 0 Å². The molecule has 0 fully saturated rings. The Morgan fingerprint density at radius 1 is 1.30 bits per heavy atom. The van der Waals surface area contributed by atoms with E-state index in [0.29, 0.717) is 26.0 Å². The zero-order valence-corrected chi connectivity index (χ0v) is 12.0. The summed E-state index contributed by atoms with van der Waals surface area (Å²) in [7, 11) is 0. The lowest BCUT2D eigenvalue weighted by Gasteiger charge is -2.12. The topological polar surface area (TPSA) is 81.4 Å². The van der Waals surface area contributed by atoms with E-state index in [1.54, 1.807) is 6.92 Å². The van der Waals surface area contributed by atoms with Crippen LogP contribution in [-0.2, 0) is 14.3 Å². The Morgan fingerprint density at radius 3 is 2.55 bits per heavy atom. The Balaban J connectivity index is 2.32. The largest absolute Gasteiger partial charge is 0.466 e. The van der Waals surface area contributed by atoms with Crippen LogP contribution in [-0.4, -0.2) is 25.0 Å². The van der Waals surface area contributed by atoms with E-state index in [9.17, 15) is 9.59 Å². The summed E-state index contributed by atoms with van der Waals surface area (Å²) in [5, 5.41) is 2.72. The first-order chi connectivity index (χ1) is 9.54. The monoisotopic (exact) mass is 278 g/mol. The van der Waals surface area contributed by atoms with E-state index in [0.717, 1.165) is 11.1 Å². The number of benzene rings is 1. The third-order valence-corrected chi connectivity index (χ3v) is 2.88. The van der Waals surface area contributed by atoms with E-state index in [-0.39, 0.29) is 11.9 Å². The van der Waals surface area contributed by atoms with Gasteiger partial charge in [0.05, 0.1) is 6.61 Å². The molecule has 0 aliphatic rings. The number of hydrogen-bond donors (Lipinski definition) is 2. The minimum absolute atomic E-state index is 0.238. The van der Waals surface area contributed by atoms with Gasteiger partial charge in [0.1, 0.15) is 6.04 Å². The van der Waals surface area contributed by atoms with Crippen LogP contribution < -0.4 is 11.1 Å². The van der Waals surface area contributed by atoms with Crippen molar-refractivity contribution in [1.29, 1.82) is 0 Å². The van der Waals surface area contributed by atoms with Crippen molar-refractivity contribution in [3.63, 3.8) is 0 Å². The molecule has 5 nitrogen and oxygen atoms in total. The van der Waals surface area contributed by atoms with Gasteiger partial charge in [-0.25, -0.2) is 0 Å². The van der Waals surface area contributed by atoms with Crippen LogP contribution in [0.25, 0.3) is 0 Å². The molecule has 0 bridgehead atoms. The summed E-state index contributed by atoms with van der Waals surface area (Å²) in [4.78, 5) is 23.0. The van der Waals surface area contributed by atoms with Crippen LogP contribution in [0, 0.1) is 6.92 Å². The molecule has 1 aromatic carbocycles. The molecule has 0 aromatic heterocycles. The highest BCUT2D eigenvalue weighted by atomic mass is 16.5. The molecule has 3 N–H and O–H groups in total. The molecule has 1 rings (SSSR count). The maximum atomic E-state index is 11.8. The fourth-order valence-corrected chi connectivity index (χ4v) is 1.71. The van der Waals surface area contributed by atoms with Crippen molar-refractivity contribution in [2.24, 2.45) is 5.73 Å². The summed E-state index contributed by atoms with van der Waals surface area (Å²) in [5.41, 5.74) is 7.77. The molecule has 1 amide bonds. The predicted octanol–water partition coefficient (Wildman–Crippen LogP) is 1.45. The van der Waals surface area contributed by atoms with Crippen molar-refractivity contribution in [2.45, 2.75) is 32.7 Å². The van der Waals surface area contributed by atoms with Gasteiger partial charge in [-0.15, -0.1) is 0 Å². The predicted molar refractivity (Wildman–Crippen MR) is 77.0 cm³/mol. The molecule has 1 unspecified atom stereocenters. The van der Waals surface area contributed by atoms with Crippen molar-refractivity contribution in [3.05, 3.63) is 35.4 Å². The van der Waals surface area contributed by atoms with Crippen LogP contribution >= 0.6 is 0 Å². The molecule has 0 aliphatic carbocycles. The smallest absolute Gasteiger partial charge is 0.305 e. The fraction of sp³-hybridized carbons (Fsp3) is 0.467. The number of ether oxygens (including phenoxy) is 1. The second-order valence-corrected chi connectivity index (χ2v) is 4.59. The average molecular weight is 278 g/mol. The SMILES string of the molecule is CCOC(=O)CCCNC(=O)C(N)c1ccc(C)cc1. The van der Waals surface area contributed by atoms with Crippen LogP contribution in [0.15, 0.2) is 24.3 Å². The zero-order chi connectivity index (χ0) is 15.0. The maximum absolute atomic E-state index is 11.8. The second-order valence-electron chi connectivity index (χ2n) is 4.59. The van der Waals surface area contributed by atoms with Crippen molar-refractivity contribution in [2.75, 3.05) is 13.2 Å². The van der Waals surface area contributed by atoms with Gasteiger partial charge < -0.3 is 15.8 Å². The van der Waals surface area contributed by atoms with Gasteiger partial charge in [0.25, 0.3) is 0 Å². The molecule has 0 saturated heterocycles. The maximum Gasteiger partial charge on any atom is 0.305 e. The third kappa shape index (κ3) is 5.40. The molecule has 0 saturated carbocycles. The summed E-state index contributed by atoms with van der Waals surface area (Å²) in [6.07, 6.45) is 0.846. The van der Waals surface area contributed by atoms with Crippen molar-refractivity contribution in [3.8, 4) is 0 Å². The van der Waals surface area contributed by atoms with E-state index in [2.05, 4.69) is 5.32 Å². The van der Waals surface area contributed by atoms with Gasteiger partial charge in [0.15, 0.2) is 0 Å². The molecule has 0 aliphatic heterocycles. The second kappa shape index (κ2) is 8.32. The van der Waals surface area contributed by atoms with Crippen LogP contribution in [0.1, 0.15) is 36.9 Å². The van der Waals surface area contributed by atoms with Gasteiger partial charge in [-0.2, -0.15) is 0 Å².